The quantitative estimate of drug-likeness (QED) is 0.930. The van der Waals surface area contributed by atoms with E-state index in [1.807, 2.05) is 19.4 Å². The number of hydrogen-bond acceptors (Lipinski definition) is 3. The van der Waals surface area contributed by atoms with Gasteiger partial charge >= 0.3 is 0 Å². The van der Waals surface area contributed by atoms with Crippen LogP contribution in [0.3, 0.4) is 0 Å². The van der Waals surface area contributed by atoms with E-state index < -0.39 is 0 Å². The third-order valence-corrected chi connectivity index (χ3v) is 4.22. The molecule has 2 atom stereocenters. The molecule has 0 spiro atoms. The normalized spacial score (nSPS) is 25.9. The Bertz CT molecular complexity index is 383. The smallest absolute Gasteiger partial charge is 0.0410 e. The first kappa shape index (κ1) is 14.0. The van der Waals surface area contributed by atoms with Crippen molar-refractivity contribution in [2.75, 3.05) is 27.2 Å². The SMILES string of the molecule is CNCC1CCCCN(C)C1c1cncc(Br)c1. The summed E-state index contributed by atoms with van der Waals surface area (Å²) in [5.74, 6) is 0.665. The zero-order valence-electron chi connectivity index (χ0n) is 11.2. The summed E-state index contributed by atoms with van der Waals surface area (Å²) >= 11 is 3.53. The molecule has 0 aliphatic carbocycles. The Morgan fingerprint density at radius 3 is 3.00 bits per heavy atom. The zero-order valence-corrected chi connectivity index (χ0v) is 12.8. The van der Waals surface area contributed by atoms with Crippen molar-refractivity contribution in [2.24, 2.45) is 5.92 Å². The highest BCUT2D eigenvalue weighted by molar-refractivity contribution is 9.10. The predicted octanol–water partition coefficient (Wildman–Crippen LogP) is 2.84. The molecule has 2 rings (SSSR count). The number of nitrogens with zero attached hydrogens (tertiary/aromatic N) is 2. The first-order valence-corrected chi connectivity index (χ1v) is 7.47. The van der Waals surface area contributed by atoms with Gasteiger partial charge in [-0.25, -0.2) is 0 Å². The molecule has 2 heterocycles. The molecule has 1 aliphatic rings. The third kappa shape index (κ3) is 3.31. The van der Waals surface area contributed by atoms with Gasteiger partial charge in [0.25, 0.3) is 0 Å². The van der Waals surface area contributed by atoms with Crippen molar-refractivity contribution in [3.8, 4) is 0 Å². The number of rotatable bonds is 3. The summed E-state index contributed by atoms with van der Waals surface area (Å²) in [4.78, 5) is 6.81. The van der Waals surface area contributed by atoms with Crippen molar-refractivity contribution in [1.82, 2.24) is 15.2 Å². The van der Waals surface area contributed by atoms with E-state index in [1.165, 1.54) is 31.4 Å². The maximum Gasteiger partial charge on any atom is 0.0410 e. The van der Waals surface area contributed by atoms with Gasteiger partial charge in [0.15, 0.2) is 0 Å². The molecule has 0 radical (unpaired) electrons. The molecule has 1 aromatic heterocycles. The average molecular weight is 312 g/mol. The van der Waals surface area contributed by atoms with Gasteiger partial charge in [0, 0.05) is 22.9 Å². The second kappa shape index (κ2) is 6.64. The fourth-order valence-electron chi connectivity index (χ4n) is 3.02. The van der Waals surface area contributed by atoms with Gasteiger partial charge in [0.1, 0.15) is 0 Å². The summed E-state index contributed by atoms with van der Waals surface area (Å²) in [7, 11) is 4.28. The molecule has 1 saturated heterocycles. The lowest BCUT2D eigenvalue weighted by Crippen LogP contribution is -2.34. The molecule has 1 N–H and O–H groups in total. The van der Waals surface area contributed by atoms with Gasteiger partial charge in [0.05, 0.1) is 0 Å². The van der Waals surface area contributed by atoms with Crippen LogP contribution >= 0.6 is 15.9 Å². The lowest BCUT2D eigenvalue weighted by molar-refractivity contribution is 0.190. The van der Waals surface area contributed by atoms with E-state index in [2.05, 4.69) is 44.2 Å². The Hall–Kier alpha value is -0.450. The molecule has 1 aliphatic heterocycles. The Morgan fingerprint density at radius 1 is 1.44 bits per heavy atom. The van der Waals surface area contributed by atoms with E-state index in [1.54, 1.807) is 0 Å². The molecule has 3 nitrogen and oxygen atoms in total. The molecule has 100 valence electrons. The minimum absolute atomic E-state index is 0.477. The van der Waals surface area contributed by atoms with E-state index >= 15 is 0 Å². The van der Waals surface area contributed by atoms with Crippen molar-refractivity contribution >= 4 is 15.9 Å². The second-order valence-corrected chi connectivity index (χ2v) is 6.09. The zero-order chi connectivity index (χ0) is 13.0. The minimum atomic E-state index is 0.477. The summed E-state index contributed by atoms with van der Waals surface area (Å²) in [6.07, 6.45) is 7.79. The summed E-state index contributed by atoms with van der Waals surface area (Å²) in [5.41, 5.74) is 1.33. The molecule has 4 heteroatoms. The molecule has 1 fully saturated rings. The number of nitrogens with one attached hydrogen (secondary N) is 1. The van der Waals surface area contributed by atoms with Gasteiger partial charge in [0.2, 0.25) is 0 Å². The number of pyridine rings is 1. The van der Waals surface area contributed by atoms with Gasteiger partial charge in [-0.2, -0.15) is 0 Å². The summed E-state index contributed by atoms with van der Waals surface area (Å²) in [6, 6.07) is 2.69. The maximum absolute atomic E-state index is 4.33. The maximum atomic E-state index is 4.33. The number of hydrogen-bond donors (Lipinski definition) is 1. The van der Waals surface area contributed by atoms with Crippen LogP contribution in [-0.2, 0) is 0 Å². The van der Waals surface area contributed by atoms with E-state index in [4.69, 9.17) is 0 Å². The van der Waals surface area contributed by atoms with Crippen LogP contribution in [0.5, 0.6) is 0 Å². The summed E-state index contributed by atoms with van der Waals surface area (Å²) in [5, 5.41) is 3.34. The molecule has 0 aromatic carbocycles. The first-order valence-electron chi connectivity index (χ1n) is 6.67. The van der Waals surface area contributed by atoms with Crippen LogP contribution in [0, 0.1) is 5.92 Å². The van der Waals surface area contributed by atoms with Crippen LogP contribution in [0.25, 0.3) is 0 Å². The van der Waals surface area contributed by atoms with E-state index in [9.17, 15) is 0 Å². The van der Waals surface area contributed by atoms with E-state index in [0.29, 0.717) is 12.0 Å². The van der Waals surface area contributed by atoms with Crippen molar-refractivity contribution < 1.29 is 0 Å². The lowest BCUT2D eigenvalue weighted by atomic mass is 9.90. The van der Waals surface area contributed by atoms with Crippen LogP contribution in [-0.4, -0.2) is 37.1 Å². The van der Waals surface area contributed by atoms with Crippen LogP contribution in [0.1, 0.15) is 30.9 Å². The topological polar surface area (TPSA) is 28.2 Å². The number of halogens is 1. The molecule has 2 unspecified atom stereocenters. The van der Waals surface area contributed by atoms with Gasteiger partial charge in [-0.3, -0.25) is 9.88 Å². The van der Waals surface area contributed by atoms with Gasteiger partial charge in [-0.15, -0.1) is 0 Å². The van der Waals surface area contributed by atoms with Crippen LogP contribution in [0.15, 0.2) is 22.9 Å². The molecule has 0 saturated carbocycles. The Balaban J connectivity index is 2.28. The predicted molar refractivity (Wildman–Crippen MR) is 78.6 cm³/mol. The van der Waals surface area contributed by atoms with Gasteiger partial charge in [-0.1, -0.05) is 6.42 Å². The van der Waals surface area contributed by atoms with E-state index in [0.717, 1.165) is 11.0 Å². The second-order valence-electron chi connectivity index (χ2n) is 5.18. The van der Waals surface area contributed by atoms with Crippen molar-refractivity contribution in [1.29, 1.82) is 0 Å². The van der Waals surface area contributed by atoms with Gasteiger partial charge < -0.3 is 5.32 Å². The molecule has 0 bridgehead atoms. The van der Waals surface area contributed by atoms with Crippen molar-refractivity contribution in [3.05, 3.63) is 28.5 Å². The molecule has 0 amide bonds. The Labute approximate surface area is 118 Å². The monoisotopic (exact) mass is 311 g/mol. The molecular formula is C14H22BrN3. The Kier molecular flexibility index (Phi) is 5.15. The summed E-state index contributed by atoms with van der Waals surface area (Å²) < 4.78 is 1.07. The number of aromatic nitrogens is 1. The van der Waals surface area contributed by atoms with E-state index in [-0.39, 0.29) is 0 Å². The van der Waals surface area contributed by atoms with Crippen molar-refractivity contribution in [2.45, 2.75) is 25.3 Å². The number of likely N-dealkylation sites (tertiary alicyclic amines) is 1. The van der Waals surface area contributed by atoms with Gasteiger partial charge in [-0.05, 0) is 73.5 Å². The minimum Gasteiger partial charge on any atom is -0.319 e. The molecular weight excluding hydrogens is 290 g/mol. The lowest BCUT2D eigenvalue weighted by Gasteiger charge is -2.32. The standard InChI is InChI=1S/C14H22BrN3/c1-16-8-11-5-3-4-6-18(2)14(11)12-7-13(15)10-17-9-12/h7,9-11,14,16H,3-6,8H2,1-2H3. The van der Waals surface area contributed by atoms with Crippen LogP contribution in [0.4, 0.5) is 0 Å². The largest absolute Gasteiger partial charge is 0.319 e. The van der Waals surface area contributed by atoms with Crippen molar-refractivity contribution in [3.63, 3.8) is 0 Å². The van der Waals surface area contributed by atoms with Crippen LogP contribution in [0.2, 0.25) is 0 Å². The summed E-state index contributed by atoms with van der Waals surface area (Å²) in [6.45, 7) is 2.25. The molecule has 1 aromatic rings. The highest BCUT2D eigenvalue weighted by Gasteiger charge is 2.28. The fourth-order valence-corrected chi connectivity index (χ4v) is 3.40. The third-order valence-electron chi connectivity index (χ3n) is 3.79. The highest BCUT2D eigenvalue weighted by atomic mass is 79.9. The van der Waals surface area contributed by atoms with Crippen LogP contribution < -0.4 is 5.32 Å². The first-order chi connectivity index (χ1) is 8.72. The molecule has 18 heavy (non-hydrogen) atoms. The average Bonchev–Trinajstić information content (AvgIpc) is 2.52. The Morgan fingerprint density at radius 2 is 2.28 bits per heavy atom. The highest BCUT2D eigenvalue weighted by Crippen LogP contribution is 2.34. The fraction of sp³-hybridized carbons (Fsp3) is 0.643.